The first-order valence-corrected chi connectivity index (χ1v) is 8.26. The highest BCUT2D eigenvalue weighted by molar-refractivity contribution is 7.80. The van der Waals surface area contributed by atoms with Gasteiger partial charge in [0.25, 0.3) is 5.56 Å². The smallest absolute Gasteiger partial charge is 0.261 e. The van der Waals surface area contributed by atoms with Gasteiger partial charge >= 0.3 is 0 Å². The highest BCUT2D eigenvalue weighted by Gasteiger charge is 2.09. The number of nitrogens with zero attached hydrogens (tertiary/aromatic N) is 1. The third-order valence-corrected chi connectivity index (χ3v) is 4.02. The number of thiocarbonyl (C=S) groups is 1. The van der Waals surface area contributed by atoms with Gasteiger partial charge in [0.1, 0.15) is 11.3 Å². The number of aliphatic imine (C=N–C) groups is 1. The third kappa shape index (κ3) is 4.10. The minimum absolute atomic E-state index is 0.0888. The van der Waals surface area contributed by atoms with Gasteiger partial charge < -0.3 is 15.4 Å². The van der Waals surface area contributed by atoms with Gasteiger partial charge in [-0.3, -0.25) is 4.79 Å². The molecule has 0 saturated heterocycles. The molecule has 1 aromatic heterocycles. The summed E-state index contributed by atoms with van der Waals surface area (Å²) < 4.78 is 0. The average molecular weight is 351 g/mol. The van der Waals surface area contributed by atoms with E-state index < -0.39 is 5.56 Å². The average Bonchev–Trinajstić information content (AvgIpc) is 2.62. The van der Waals surface area contributed by atoms with Crippen LogP contribution in [0.2, 0.25) is 0 Å². The Labute approximate surface area is 150 Å². The zero-order valence-corrected chi connectivity index (χ0v) is 14.2. The largest absolute Gasteiger partial charge is 0.506 e. The molecule has 0 aliphatic heterocycles. The Morgan fingerprint density at radius 3 is 2.68 bits per heavy atom. The highest BCUT2D eigenvalue weighted by Crippen LogP contribution is 2.23. The molecule has 25 heavy (non-hydrogen) atoms. The Morgan fingerprint density at radius 2 is 1.88 bits per heavy atom. The van der Waals surface area contributed by atoms with Crippen molar-refractivity contribution in [2.24, 2.45) is 4.99 Å². The summed E-state index contributed by atoms with van der Waals surface area (Å²) in [7, 11) is 0. The van der Waals surface area contributed by atoms with E-state index in [0.29, 0.717) is 17.4 Å². The lowest BCUT2D eigenvalue weighted by Gasteiger charge is -2.05. The SMILES string of the molecule is O=c1[nH]c2ccccc2c(O)c1C=NC(=S)NCCc1ccccc1. The van der Waals surface area contributed by atoms with Crippen LogP contribution >= 0.6 is 12.2 Å². The summed E-state index contributed by atoms with van der Waals surface area (Å²) in [5.41, 5.74) is 1.45. The number of rotatable bonds is 4. The summed E-state index contributed by atoms with van der Waals surface area (Å²) in [4.78, 5) is 18.9. The maximum atomic E-state index is 12.1. The second kappa shape index (κ2) is 7.72. The molecule has 126 valence electrons. The van der Waals surface area contributed by atoms with Crippen molar-refractivity contribution in [2.45, 2.75) is 6.42 Å². The first kappa shape index (κ1) is 16.9. The van der Waals surface area contributed by atoms with Gasteiger partial charge in [-0.15, -0.1) is 0 Å². The van der Waals surface area contributed by atoms with Crippen LogP contribution in [0.1, 0.15) is 11.1 Å². The molecule has 0 saturated carbocycles. The van der Waals surface area contributed by atoms with Gasteiger partial charge in [-0.1, -0.05) is 42.5 Å². The Hall–Kier alpha value is -2.99. The van der Waals surface area contributed by atoms with E-state index >= 15 is 0 Å². The van der Waals surface area contributed by atoms with Gasteiger partial charge in [-0.05, 0) is 36.3 Å². The molecule has 0 bridgehead atoms. The zero-order chi connectivity index (χ0) is 17.6. The molecule has 3 rings (SSSR count). The molecule has 0 amide bonds. The van der Waals surface area contributed by atoms with E-state index in [2.05, 4.69) is 15.3 Å². The van der Waals surface area contributed by atoms with Crippen molar-refractivity contribution in [3.05, 3.63) is 76.1 Å². The van der Waals surface area contributed by atoms with Crippen LogP contribution in [0.3, 0.4) is 0 Å². The quantitative estimate of drug-likeness (QED) is 0.499. The maximum Gasteiger partial charge on any atom is 0.261 e. The first-order chi connectivity index (χ1) is 12.1. The predicted octanol–water partition coefficient (Wildman–Crippen LogP) is 2.77. The van der Waals surface area contributed by atoms with Crippen LogP contribution in [0.5, 0.6) is 5.75 Å². The van der Waals surface area contributed by atoms with Crippen molar-refractivity contribution in [1.82, 2.24) is 10.3 Å². The number of pyridine rings is 1. The summed E-state index contributed by atoms with van der Waals surface area (Å²) in [6, 6.07) is 17.1. The normalized spacial score (nSPS) is 11.0. The Kier molecular flexibility index (Phi) is 5.20. The van der Waals surface area contributed by atoms with Gasteiger partial charge in [0.05, 0.1) is 5.52 Å². The van der Waals surface area contributed by atoms with Gasteiger partial charge in [-0.25, -0.2) is 4.99 Å². The lowest BCUT2D eigenvalue weighted by molar-refractivity contribution is 0.479. The highest BCUT2D eigenvalue weighted by atomic mass is 32.1. The Balaban J connectivity index is 1.68. The summed E-state index contributed by atoms with van der Waals surface area (Å²) in [5.74, 6) is -0.102. The number of aromatic hydroxyl groups is 1. The lowest BCUT2D eigenvalue weighted by Crippen LogP contribution is -2.23. The van der Waals surface area contributed by atoms with E-state index in [-0.39, 0.29) is 16.4 Å². The topological polar surface area (TPSA) is 77.5 Å². The predicted molar refractivity (Wildman–Crippen MR) is 105 cm³/mol. The van der Waals surface area contributed by atoms with Crippen LogP contribution in [0.15, 0.2) is 64.4 Å². The monoisotopic (exact) mass is 351 g/mol. The molecule has 0 spiro atoms. The Bertz CT molecular complexity index is 981. The molecule has 0 unspecified atom stereocenters. The fourth-order valence-corrected chi connectivity index (χ4v) is 2.64. The summed E-state index contributed by atoms with van der Waals surface area (Å²) in [6.07, 6.45) is 2.11. The molecule has 0 atom stereocenters. The summed E-state index contributed by atoms with van der Waals surface area (Å²) in [5, 5.41) is 14.1. The minimum atomic E-state index is -0.410. The van der Waals surface area contributed by atoms with Crippen LogP contribution < -0.4 is 10.9 Å². The number of aromatic amines is 1. The van der Waals surface area contributed by atoms with E-state index in [1.807, 2.05) is 30.3 Å². The molecule has 0 radical (unpaired) electrons. The minimum Gasteiger partial charge on any atom is -0.506 e. The maximum absolute atomic E-state index is 12.1. The fourth-order valence-electron chi connectivity index (χ4n) is 2.49. The zero-order valence-electron chi connectivity index (χ0n) is 13.4. The van der Waals surface area contributed by atoms with E-state index in [1.54, 1.807) is 24.3 Å². The molecule has 5 nitrogen and oxygen atoms in total. The van der Waals surface area contributed by atoms with Crippen LogP contribution in [0, 0.1) is 0 Å². The van der Waals surface area contributed by atoms with Crippen LogP contribution in [-0.4, -0.2) is 28.0 Å². The number of fused-ring (bicyclic) bond motifs is 1. The van der Waals surface area contributed by atoms with Gasteiger partial charge in [-0.2, -0.15) is 0 Å². The van der Waals surface area contributed by atoms with Crippen LogP contribution in [0.25, 0.3) is 10.9 Å². The molecule has 0 aliphatic rings. The van der Waals surface area contributed by atoms with Crippen molar-refractivity contribution in [3.63, 3.8) is 0 Å². The molecule has 6 heteroatoms. The van der Waals surface area contributed by atoms with Crippen LogP contribution in [0.4, 0.5) is 0 Å². The van der Waals surface area contributed by atoms with Gasteiger partial charge in [0.2, 0.25) is 0 Å². The summed E-state index contributed by atoms with van der Waals surface area (Å²) in [6.45, 7) is 0.639. The molecule has 0 aliphatic carbocycles. The molecule has 0 fully saturated rings. The molecule has 2 aromatic carbocycles. The lowest BCUT2D eigenvalue weighted by atomic mass is 10.1. The van der Waals surface area contributed by atoms with Crippen molar-refractivity contribution in [1.29, 1.82) is 0 Å². The Morgan fingerprint density at radius 1 is 1.16 bits per heavy atom. The van der Waals surface area contributed by atoms with E-state index in [4.69, 9.17) is 12.2 Å². The van der Waals surface area contributed by atoms with Gasteiger partial charge in [0, 0.05) is 18.1 Å². The molecular weight excluding hydrogens is 334 g/mol. The molecule has 3 aromatic rings. The second-order valence-corrected chi connectivity index (χ2v) is 5.87. The molecule has 1 heterocycles. The number of para-hydroxylation sites is 1. The number of benzene rings is 2. The van der Waals surface area contributed by atoms with Crippen LogP contribution in [-0.2, 0) is 6.42 Å². The first-order valence-electron chi connectivity index (χ1n) is 7.85. The second-order valence-electron chi connectivity index (χ2n) is 5.49. The number of nitrogens with one attached hydrogen (secondary N) is 2. The standard InChI is InChI=1S/C19H17N3O2S/c23-17-14-8-4-5-9-16(14)22-18(24)15(17)12-21-19(25)20-11-10-13-6-2-1-3-7-13/h1-9,12H,10-11H2,(H,20,25)(H2,22,23,24). The number of aromatic nitrogens is 1. The van der Waals surface area contributed by atoms with Crippen molar-refractivity contribution in [3.8, 4) is 5.75 Å². The summed E-state index contributed by atoms with van der Waals surface area (Å²) >= 11 is 5.15. The van der Waals surface area contributed by atoms with Gasteiger partial charge in [0.15, 0.2) is 5.11 Å². The van der Waals surface area contributed by atoms with E-state index in [0.717, 1.165) is 6.42 Å². The fraction of sp³-hybridized carbons (Fsp3) is 0.105. The van der Waals surface area contributed by atoms with Crippen molar-refractivity contribution >= 4 is 34.4 Å². The number of hydrogen-bond donors (Lipinski definition) is 3. The van der Waals surface area contributed by atoms with Crippen molar-refractivity contribution in [2.75, 3.05) is 6.54 Å². The number of H-pyrrole nitrogens is 1. The van der Waals surface area contributed by atoms with E-state index in [1.165, 1.54) is 11.8 Å². The molecular formula is C19H17N3O2S. The van der Waals surface area contributed by atoms with E-state index in [9.17, 15) is 9.90 Å². The third-order valence-electron chi connectivity index (χ3n) is 3.77. The van der Waals surface area contributed by atoms with Crippen molar-refractivity contribution < 1.29 is 5.11 Å². The molecule has 3 N–H and O–H groups in total. The number of hydrogen-bond acceptors (Lipinski definition) is 3.